The lowest BCUT2D eigenvalue weighted by Gasteiger charge is -2.13. The van der Waals surface area contributed by atoms with Gasteiger partial charge in [0.2, 0.25) is 19.3 Å². The summed E-state index contributed by atoms with van der Waals surface area (Å²) in [6.45, 7) is 4.83. The number of amides is 1. The van der Waals surface area contributed by atoms with Crippen molar-refractivity contribution in [1.29, 1.82) is 5.26 Å². The summed E-state index contributed by atoms with van der Waals surface area (Å²) in [5.41, 5.74) is 1.46. The lowest BCUT2D eigenvalue weighted by Crippen LogP contribution is -2.13. The van der Waals surface area contributed by atoms with E-state index in [1.165, 1.54) is 6.08 Å². The van der Waals surface area contributed by atoms with Crippen LogP contribution in [0.4, 0.5) is 5.13 Å². The number of carbonyl (C=O) groups excluding carboxylic acids is 1. The van der Waals surface area contributed by atoms with E-state index < -0.39 is 15.7 Å². The number of nitriles is 1. The van der Waals surface area contributed by atoms with E-state index in [2.05, 4.69) is 15.5 Å². The number of sulfone groups is 1. The minimum absolute atomic E-state index is 0.0341. The van der Waals surface area contributed by atoms with Gasteiger partial charge in [0, 0.05) is 6.26 Å². The number of ether oxygens (including phenoxy) is 3. The summed E-state index contributed by atoms with van der Waals surface area (Å²) in [4.78, 5) is 12.5. The van der Waals surface area contributed by atoms with Crippen molar-refractivity contribution in [3.63, 3.8) is 0 Å². The highest BCUT2D eigenvalue weighted by Crippen LogP contribution is 2.30. The second-order valence-electron chi connectivity index (χ2n) is 7.42. The summed E-state index contributed by atoms with van der Waals surface area (Å²) in [7, 11) is -3.55. The maximum absolute atomic E-state index is 12.5. The van der Waals surface area contributed by atoms with Gasteiger partial charge >= 0.3 is 0 Å². The molecule has 0 aliphatic carbocycles. The summed E-state index contributed by atoms with van der Waals surface area (Å²) in [5, 5.41) is 19.0. The molecule has 0 aliphatic rings. The lowest BCUT2D eigenvalue weighted by molar-refractivity contribution is -0.112. The van der Waals surface area contributed by atoms with Crippen LogP contribution in [-0.4, -0.2) is 50.6 Å². The Bertz CT molecular complexity index is 1390. The van der Waals surface area contributed by atoms with Gasteiger partial charge in [-0.25, -0.2) is 8.42 Å². The number of aryl methyl sites for hydroxylation is 1. The molecule has 3 aromatic rings. The number of hydrogen-bond acceptors (Lipinski definition) is 10. The Morgan fingerprint density at radius 3 is 2.44 bits per heavy atom. The van der Waals surface area contributed by atoms with Crippen molar-refractivity contribution in [3.8, 4) is 23.3 Å². The smallest absolute Gasteiger partial charge is 0.268 e. The highest BCUT2D eigenvalue weighted by Gasteiger charge is 2.18. The van der Waals surface area contributed by atoms with E-state index in [0.717, 1.165) is 17.6 Å². The van der Waals surface area contributed by atoms with Crippen LogP contribution in [0.15, 0.2) is 52.4 Å². The van der Waals surface area contributed by atoms with Gasteiger partial charge in [0.05, 0.1) is 6.61 Å². The van der Waals surface area contributed by atoms with Gasteiger partial charge in [0.15, 0.2) is 11.5 Å². The van der Waals surface area contributed by atoms with Gasteiger partial charge < -0.3 is 14.2 Å². The number of anilines is 1. The van der Waals surface area contributed by atoms with Crippen LogP contribution < -0.4 is 19.5 Å². The van der Waals surface area contributed by atoms with Crippen LogP contribution in [0.3, 0.4) is 0 Å². The van der Waals surface area contributed by atoms with Gasteiger partial charge in [-0.15, -0.1) is 10.2 Å². The number of nitrogens with one attached hydrogen (secondary N) is 1. The maximum atomic E-state index is 12.5. The van der Waals surface area contributed by atoms with Crippen molar-refractivity contribution >= 4 is 38.3 Å². The molecule has 0 aliphatic heterocycles. The van der Waals surface area contributed by atoms with E-state index in [-0.39, 0.29) is 21.7 Å². The predicted octanol–water partition coefficient (Wildman–Crippen LogP) is 3.65. The zero-order chi connectivity index (χ0) is 26.1. The van der Waals surface area contributed by atoms with Gasteiger partial charge in [-0.05, 0) is 49.8 Å². The van der Waals surface area contributed by atoms with Crippen molar-refractivity contribution in [3.05, 3.63) is 59.2 Å². The van der Waals surface area contributed by atoms with E-state index >= 15 is 0 Å². The van der Waals surface area contributed by atoms with Crippen LogP contribution in [0, 0.1) is 18.3 Å². The molecule has 0 radical (unpaired) electrons. The topological polar surface area (TPSA) is 140 Å². The molecular formula is C24H24N4O6S2. The molecule has 0 saturated heterocycles. The third kappa shape index (κ3) is 7.53. The molecular weight excluding hydrogens is 504 g/mol. The van der Waals surface area contributed by atoms with Crippen molar-refractivity contribution < 1.29 is 27.4 Å². The molecule has 2 aromatic carbocycles. The monoisotopic (exact) mass is 528 g/mol. The molecule has 3 rings (SSSR count). The Morgan fingerprint density at radius 1 is 1.08 bits per heavy atom. The molecule has 1 heterocycles. The fourth-order valence-corrected chi connectivity index (χ4v) is 4.34. The summed E-state index contributed by atoms with van der Waals surface area (Å²) >= 11 is 0.696. The first-order valence-electron chi connectivity index (χ1n) is 10.8. The Morgan fingerprint density at radius 2 is 1.81 bits per heavy atom. The molecule has 1 N–H and O–H groups in total. The molecule has 12 heteroatoms. The average molecular weight is 529 g/mol. The largest absolute Gasteiger partial charge is 0.490 e. The van der Waals surface area contributed by atoms with Crippen molar-refractivity contribution in [1.82, 2.24) is 10.2 Å². The molecule has 0 spiro atoms. The van der Waals surface area contributed by atoms with E-state index in [9.17, 15) is 18.5 Å². The number of benzene rings is 2. The first kappa shape index (κ1) is 26.7. The summed E-state index contributed by atoms with van der Waals surface area (Å²) in [6, 6.07) is 14.5. The van der Waals surface area contributed by atoms with Crippen LogP contribution in [0.2, 0.25) is 0 Å². The molecule has 0 fully saturated rings. The highest BCUT2D eigenvalue weighted by atomic mass is 32.2. The lowest BCUT2D eigenvalue weighted by atomic mass is 10.1. The second-order valence-corrected chi connectivity index (χ2v) is 10.6. The molecule has 0 atom stereocenters. The molecule has 1 aromatic heterocycles. The third-order valence-corrected chi connectivity index (χ3v) is 7.03. The van der Waals surface area contributed by atoms with E-state index in [1.807, 2.05) is 44.2 Å². The van der Waals surface area contributed by atoms with Crippen LogP contribution >= 0.6 is 11.3 Å². The zero-order valence-electron chi connectivity index (χ0n) is 19.8. The molecule has 10 nitrogen and oxygen atoms in total. The predicted molar refractivity (Wildman–Crippen MR) is 135 cm³/mol. The first-order chi connectivity index (χ1) is 17.2. The third-order valence-electron chi connectivity index (χ3n) is 4.52. The fourth-order valence-electron chi connectivity index (χ4n) is 2.84. The average Bonchev–Trinajstić information content (AvgIpc) is 3.31. The van der Waals surface area contributed by atoms with Gasteiger partial charge in [-0.1, -0.05) is 35.1 Å². The first-order valence-corrected chi connectivity index (χ1v) is 13.5. The van der Waals surface area contributed by atoms with Gasteiger partial charge in [-0.2, -0.15) is 5.26 Å². The number of carbonyl (C=O) groups is 1. The molecule has 188 valence electrons. The minimum Gasteiger partial charge on any atom is -0.490 e. The molecule has 1 amide bonds. The van der Waals surface area contributed by atoms with Crippen LogP contribution in [0.25, 0.3) is 6.08 Å². The molecule has 0 bridgehead atoms. The van der Waals surface area contributed by atoms with Crippen LogP contribution in [0.5, 0.6) is 17.2 Å². The van der Waals surface area contributed by atoms with Crippen LogP contribution in [-0.2, 0) is 14.6 Å². The summed E-state index contributed by atoms with van der Waals surface area (Å²) in [5.74, 6) is 0.936. The SMILES string of the molecule is CCOc1cc(C=C(C#N)C(=O)Nc2nnc(S(C)(=O)=O)s2)ccc1OCCOc1ccc(C)cc1. The van der Waals surface area contributed by atoms with E-state index in [1.54, 1.807) is 18.2 Å². The number of hydrogen-bond donors (Lipinski definition) is 1. The Hall–Kier alpha value is -3.95. The molecule has 0 unspecified atom stereocenters. The Balaban J connectivity index is 1.67. The van der Waals surface area contributed by atoms with E-state index in [0.29, 0.717) is 41.6 Å². The van der Waals surface area contributed by atoms with Crippen LogP contribution in [0.1, 0.15) is 18.1 Å². The second kappa shape index (κ2) is 12.1. The number of nitrogens with zero attached hydrogens (tertiary/aromatic N) is 3. The zero-order valence-corrected chi connectivity index (χ0v) is 21.5. The van der Waals surface area contributed by atoms with Gasteiger partial charge in [-0.3, -0.25) is 10.1 Å². The highest BCUT2D eigenvalue weighted by molar-refractivity contribution is 7.92. The Labute approximate surface area is 213 Å². The molecule has 36 heavy (non-hydrogen) atoms. The van der Waals surface area contributed by atoms with Gasteiger partial charge in [0.1, 0.15) is 30.6 Å². The van der Waals surface area contributed by atoms with Crippen molar-refractivity contribution in [2.24, 2.45) is 0 Å². The quantitative estimate of drug-likeness (QED) is 0.171. The van der Waals surface area contributed by atoms with Crippen molar-refractivity contribution in [2.45, 2.75) is 18.2 Å². The summed E-state index contributed by atoms with van der Waals surface area (Å²) in [6.07, 6.45) is 2.36. The fraction of sp³-hybridized carbons (Fsp3) is 0.250. The van der Waals surface area contributed by atoms with E-state index in [4.69, 9.17) is 14.2 Å². The Kier molecular flexibility index (Phi) is 8.99. The summed E-state index contributed by atoms with van der Waals surface area (Å²) < 4.78 is 40.0. The standard InChI is InChI=1S/C24H24N4O6S2/c1-4-32-21-14-17(7-10-20(21)34-12-11-33-19-8-5-16(2)6-9-19)13-18(15-25)22(29)26-23-27-28-24(35-23)36(3,30)31/h5-10,13-14H,4,11-12H2,1-3H3,(H,26,27,29). The molecule has 0 saturated carbocycles. The minimum atomic E-state index is -3.55. The maximum Gasteiger partial charge on any atom is 0.268 e. The van der Waals surface area contributed by atoms with Crippen molar-refractivity contribution in [2.75, 3.05) is 31.4 Å². The number of aromatic nitrogens is 2. The number of rotatable bonds is 11. The normalized spacial score (nSPS) is 11.4. The van der Waals surface area contributed by atoms with Gasteiger partial charge in [0.25, 0.3) is 5.91 Å².